The second-order valence-corrected chi connectivity index (χ2v) is 6.75. The molecular formula is C14H26N2O5. The summed E-state index contributed by atoms with van der Waals surface area (Å²) >= 11 is 0. The molecule has 122 valence electrons. The van der Waals surface area contributed by atoms with Crippen molar-refractivity contribution in [2.45, 2.75) is 57.8 Å². The van der Waals surface area contributed by atoms with Crippen molar-refractivity contribution in [3.63, 3.8) is 0 Å². The van der Waals surface area contributed by atoms with E-state index in [0.29, 0.717) is 26.1 Å². The van der Waals surface area contributed by atoms with Gasteiger partial charge in [0.25, 0.3) is 0 Å². The highest BCUT2D eigenvalue weighted by atomic mass is 16.6. The highest BCUT2D eigenvalue weighted by Crippen LogP contribution is 2.26. The standard InChI is InChI=1S/C14H26N2O5/c1-10(17)5-6-15-14(7-11(18)19)8-16(9-14)12(20)21-13(2,3)4/h10,15,17H,5-9H2,1-4H3,(H,18,19). The van der Waals surface area contributed by atoms with Crippen molar-refractivity contribution in [1.82, 2.24) is 10.2 Å². The molecule has 0 spiro atoms. The van der Waals surface area contributed by atoms with Crippen LogP contribution in [0, 0.1) is 0 Å². The summed E-state index contributed by atoms with van der Waals surface area (Å²) in [7, 11) is 0. The van der Waals surface area contributed by atoms with E-state index in [4.69, 9.17) is 9.84 Å². The van der Waals surface area contributed by atoms with Crippen LogP contribution in [0.1, 0.15) is 40.5 Å². The van der Waals surface area contributed by atoms with Crippen molar-refractivity contribution in [1.29, 1.82) is 0 Å². The number of carbonyl (C=O) groups is 2. The molecule has 21 heavy (non-hydrogen) atoms. The highest BCUT2D eigenvalue weighted by Gasteiger charge is 2.47. The molecule has 1 rings (SSSR count). The minimum absolute atomic E-state index is 0.0634. The number of nitrogens with zero attached hydrogens (tertiary/aromatic N) is 1. The van der Waals surface area contributed by atoms with E-state index >= 15 is 0 Å². The zero-order valence-electron chi connectivity index (χ0n) is 13.2. The maximum absolute atomic E-state index is 11.9. The molecule has 0 radical (unpaired) electrons. The number of carbonyl (C=O) groups excluding carboxylic acids is 1. The monoisotopic (exact) mass is 302 g/mol. The highest BCUT2D eigenvalue weighted by molar-refractivity contribution is 5.73. The van der Waals surface area contributed by atoms with Crippen molar-refractivity contribution in [3.05, 3.63) is 0 Å². The zero-order valence-corrected chi connectivity index (χ0v) is 13.2. The number of rotatable bonds is 6. The van der Waals surface area contributed by atoms with Gasteiger partial charge in [-0.1, -0.05) is 0 Å². The van der Waals surface area contributed by atoms with Gasteiger partial charge in [0.05, 0.1) is 18.1 Å². The van der Waals surface area contributed by atoms with Gasteiger partial charge in [-0.05, 0) is 40.7 Å². The summed E-state index contributed by atoms with van der Waals surface area (Å²) in [4.78, 5) is 24.4. The molecule has 7 nitrogen and oxygen atoms in total. The quantitative estimate of drug-likeness (QED) is 0.671. The number of carboxylic acid groups (broad SMARTS) is 1. The van der Waals surface area contributed by atoms with Crippen molar-refractivity contribution in [2.75, 3.05) is 19.6 Å². The Morgan fingerprint density at radius 1 is 1.38 bits per heavy atom. The molecule has 1 heterocycles. The first kappa shape index (κ1) is 17.7. The van der Waals surface area contributed by atoms with Crippen LogP contribution in [0.15, 0.2) is 0 Å². The van der Waals surface area contributed by atoms with Crippen LogP contribution in [0.5, 0.6) is 0 Å². The average Bonchev–Trinajstić information content (AvgIpc) is 2.20. The van der Waals surface area contributed by atoms with E-state index in [-0.39, 0.29) is 6.42 Å². The summed E-state index contributed by atoms with van der Waals surface area (Å²) in [5.41, 5.74) is -1.19. The Morgan fingerprint density at radius 2 is 1.95 bits per heavy atom. The Morgan fingerprint density at radius 3 is 2.38 bits per heavy atom. The number of aliphatic hydroxyl groups excluding tert-OH is 1. The number of hydrogen-bond acceptors (Lipinski definition) is 5. The summed E-state index contributed by atoms with van der Waals surface area (Å²) in [6.07, 6.45) is -0.401. The van der Waals surface area contributed by atoms with Gasteiger partial charge < -0.3 is 25.2 Å². The van der Waals surface area contributed by atoms with E-state index in [2.05, 4.69) is 5.32 Å². The maximum atomic E-state index is 11.9. The Hall–Kier alpha value is -1.34. The molecule has 3 N–H and O–H groups in total. The van der Waals surface area contributed by atoms with Gasteiger partial charge in [-0.3, -0.25) is 4.79 Å². The van der Waals surface area contributed by atoms with Gasteiger partial charge in [-0.2, -0.15) is 0 Å². The van der Waals surface area contributed by atoms with E-state index < -0.39 is 29.3 Å². The number of aliphatic hydroxyl groups is 1. The third-order valence-electron chi connectivity index (χ3n) is 3.19. The molecule has 1 saturated heterocycles. The molecule has 1 amide bonds. The molecule has 0 saturated carbocycles. The SMILES string of the molecule is CC(O)CCNC1(CC(=O)O)CN(C(=O)OC(C)(C)C)C1. The van der Waals surface area contributed by atoms with Crippen LogP contribution in [0.25, 0.3) is 0 Å². The average molecular weight is 302 g/mol. The molecule has 0 aromatic rings. The van der Waals surface area contributed by atoms with E-state index in [1.165, 1.54) is 4.90 Å². The van der Waals surface area contributed by atoms with Gasteiger partial charge in [0.15, 0.2) is 0 Å². The summed E-state index contributed by atoms with van der Waals surface area (Å²) in [6.45, 7) is 8.15. The summed E-state index contributed by atoms with van der Waals surface area (Å²) < 4.78 is 5.25. The molecule has 1 aliphatic rings. The van der Waals surface area contributed by atoms with E-state index in [9.17, 15) is 14.7 Å². The number of amides is 1. The minimum atomic E-state index is -0.914. The molecule has 0 aromatic heterocycles. The van der Waals surface area contributed by atoms with Gasteiger partial charge in [0.2, 0.25) is 0 Å². The predicted molar refractivity (Wildman–Crippen MR) is 77.1 cm³/mol. The minimum Gasteiger partial charge on any atom is -0.481 e. The van der Waals surface area contributed by atoms with Crippen LogP contribution in [-0.4, -0.2) is 64.1 Å². The van der Waals surface area contributed by atoms with Crippen molar-refractivity contribution < 1.29 is 24.5 Å². The van der Waals surface area contributed by atoms with Crippen LogP contribution in [0.3, 0.4) is 0 Å². The molecule has 0 bridgehead atoms. The predicted octanol–water partition coefficient (Wildman–Crippen LogP) is 0.811. The Balaban J connectivity index is 2.53. The third kappa shape index (κ3) is 5.89. The number of nitrogens with one attached hydrogen (secondary N) is 1. The number of ether oxygens (including phenoxy) is 1. The smallest absolute Gasteiger partial charge is 0.410 e. The Kier molecular flexibility index (Phi) is 5.58. The zero-order chi connectivity index (χ0) is 16.3. The van der Waals surface area contributed by atoms with Gasteiger partial charge in [-0.15, -0.1) is 0 Å². The number of likely N-dealkylation sites (tertiary alicyclic amines) is 1. The number of hydrogen-bond donors (Lipinski definition) is 3. The fourth-order valence-corrected chi connectivity index (χ4v) is 2.26. The Labute approximate surface area is 125 Å². The molecule has 1 fully saturated rings. The van der Waals surface area contributed by atoms with Gasteiger partial charge >= 0.3 is 12.1 Å². The molecule has 7 heteroatoms. The van der Waals surface area contributed by atoms with Crippen LogP contribution in [0.4, 0.5) is 4.79 Å². The molecule has 0 aliphatic carbocycles. The molecular weight excluding hydrogens is 276 g/mol. The number of carboxylic acids is 1. The third-order valence-corrected chi connectivity index (χ3v) is 3.19. The lowest BCUT2D eigenvalue weighted by atomic mass is 9.86. The topological polar surface area (TPSA) is 99.1 Å². The van der Waals surface area contributed by atoms with Gasteiger partial charge in [-0.25, -0.2) is 4.79 Å². The van der Waals surface area contributed by atoms with Gasteiger partial charge in [0.1, 0.15) is 5.60 Å². The normalized spacial score (nSPS) is 18.8. The fourth-order valence-electron chi connectivity index (χ4n) is 2.26. The van der Waals surface area contributed by atoms with Gasteiger partial charge in [0, 0.05) is 13.1 Å². The van der Waals surface area contributed by atoms with Crippen molar-refractivity contribution in [2.24, 2.45) is 0 Å². The molecule has 1 aliphatic heterocycles. The van der Waals surface area contributed by atoms with E-state index in [1.54, 1.807) is 27.7 Å². The van der Waals surface area contributed by atoms with E-state index in [0.717, 1.165) is 0 Å². The first-order valence-electron chi connectivity index (χ1n) is 7.16. The molecule has 1 unspecified atom stereocenters. The summed E-state index contributed by atoms with van der Waals surface area (Å²) in [6, 6.07) is 0. The van der Waals surface area contributed by atoms with Crippen LogP contribution < -0.4 is 5.32 Å². The first-order valence-corrected chi connectivity index (χ1v) is 7.16. The lowest BCUT2D eigenvalue weighted by Gasteiger charge is -2.49. The lowest BCUT2D eigenvalue weighted by molar-refractivity contribution is -0.141. The second-order valence-electron chi connectivity index (χ2n) is 6.75. The Bertz CT molecular complexity index is 383. The first-order chi connectivity index (χ1) is 9.53. The summed E-state index contributed by atoms with van der Waals surface area (Å²) in [5, 5.41) is 21.4. The van der Waals surface area contributed by atoms with Crippen molar-refractivity contribution >= 4 is 12.1 Å². The largest absolute Gasteiger partial charge is 0.481 e. The van der Waals surface area contributed by atoms with Crippen LogP contribution in [-0.2, 0) is 9.53 Å². The van der Waals surface area contributed by atoms with Crippen molar-refractivity contribution in [3.8, 4) is 0 Å². The maximum Gasteiger partial charge on any atom is 0.410 e. The summed E-state index contributed by atoms with van der Waals surface area (Å²) in [5.74, 6) is -0.914. The molecule has 1 atom stereocenters. The van der Waals surface area contributed by atoms with Crippen LogP contribution in [0.2, 0.25) is 0 Å². The fraction of sp³-hybridized carbons (Fsp3) is 0.857. The van der Waals surface area contributed by atoms with E-state index in [1.807, 2.05) is 0 Å². The lowest BCUT2D eigenvalue weighted by Crippen LogP contribution is -2.71. The number of aliphatic carboxylic acids is 1. The molecule has 0 aromatic carbocycles. The second kappa shape index (κ2) is 6.62. The van der Waals surface area contributed by atoms with Crippen LogP contribution >= 0.6 is 0 Å².